The Balaban J connectivity index is 1.78. The first-order chi connectivity index (χ1) is 17.8. The summed E-state index contributed by atoms with van der Waals surface area (Å²) in [4.78, 5) is 43.2. The second-order valence-corrected chi connectivity index (χ2v) is 10.4. The molecule has 2 aliphatic heterocycles. The van der Waals surface area contributed by atoms with E-state index in [1.165, 1.54) is 28.0 Å². The molecule has 0 fully saturated rings. The minimum Gasteiger partial charge on any atom is -0.350 e. The van der Waals surface area contributed by atoms with Gasteiger partial charge in [0, 0.05) is 18.5 Å². The zero-order valence-corrected chi connectivity index (χ0v) is 21.7. The van der Waals surface area contributed by atoms with Gasteiger partial charge in [-0.15, -0.1) is 0 Å². The largest absolute Gasteiger partial charge is 0.416 e. The standard InChI is InChI=1S/C28H31F3N4O3/c1-5-34-21-16-35(20(24(36)33-27(2,3)4)15-17-11-7-6-8-12-17)25(37)22(21)23(32-26(34)38)18-13-9-10-14-19(18)28(29,30)31/h6-14,20,23H,5,15-16H2,1-4H3,(H,32,38)(H,33,36)/t20-,23-/m0/s1. The van der Waals surface area contributed by atoms with E-state index >= 15 is 0 Å². The van der Waals surface area contributed by atoms with Crippen molar-refractivity contribution in [2.75, 3.05) is 13.1 Å². The van der Waals surface area contributed by atoms with Crippen molar-refractivity contribution < 1.29 is 27.6 Å². The molecule has 4 amide bonds. The Morgan fingerprint density at radius 3 is 2.29 bits per heavy atom. The summed E-state index contributed by atoms with van der Waals surface area (Å²) in [6, 6.07) is 11.2. The van der Waals surface area contributed by atoms with Gasteiger partial charge in [-0.2, -0.15) is 13.2 Å². The van der Waals surface area contributed by atoms with Crippen LogP contribution < -0.4 is 10.6 Å². The molecular formula is C28H31F3N4O3. The minimum absolute atomic E-state index is 0.0461. The van der Waals surface area contributed by atoms with E-state index in [1.54, 1.807) is 6.92 Å². The Morgan fingerprint density at radius 1 is 1.05 bits per heavy atom. The van der Waals surface area contributed by atoms with E-state index in [1.807, 2.05) is 51.1 Å². The van der Waals surface area contributed by atoms with Gasteiger partial charge in [-0.25, -0.2) is 4.79 Å². The smallest absolute Gasteiger partial charge is 0.350 e. The molecule has 38 heavy (non-hydrogen) atoms. The van der Waals surface area contributed by atoms with Crippen LogP contribution in [-0.4, -0.2) is 52.3 Å². The highest BCUT2D eigenvalue weighted by Crippen LogP contribution is 2.42. The Kier molecular flexibility index (Phi) is 7.27. The van der Waals surface area contributed by atoms with Crippen LogP contribution in [0.25, 0.3) is 0 Å². The van der Waals surface area contributed by atoms with Gasteiger partial charge < -0.3 is 15.5 Å². The fraction of sp³-hybridized carbons (Fsp3) is 0.393. The Morgan fingerprint density at radius 2 is 1.68 bits per heavy atom. The fourth-order valence-electron chi connectivity index (χ4n) is 4.97. The van der Waals surface area contributed by atoms with Gasteiger partial charge >= 0.3 is 12.2 Å². The fourth-order valence-corrected chi connectivity index (χ4v) is 4.97. The third-order valence-corrected chi connectivity index (χ3v) is 6.59. The number of hydrogen-bond acceptors (Lipinski definition) is 3. The molecule has 0 saturated heterocycles. The second kappa shape index (κ2) is 10.2. The molecule has 4 rings (SSSR count). The number of rotatable bonds is 6. The molecule has 2 aromatic rings. The van der Waals surface area contributed by atoms with E-state index in [-0.39, 0.29) is 36.6 Å². The van der Waals surface area contributed by atoms with Gasteiger partial charge in [0.05, 0.1) is 29.4 Å². The first kappa shape index (κ1) is 27.2. The topological polar surface area (TPSA) is 81.8 Å². The summed E-state index contributed by atoms with van der Waals surface area (Å²) < 4.78 is 41.7. The van der Waals surface area contributed by atoms with Crippen molar-refractivity contribution >= 4 is 17.8 Å². The lowest BCUT2D eigenvalue weighted by atomic mass is 9.91. The van der Waals surface area contributed by atoms with E-state index < -0.39 is 41.3 Å². The molecule has 2 atom stereocenters. The second-order valence-electron chi connectivity index (χ2n) is 10.4. The van der Waals surface area contributed by atoms with Crippen molar-refractivity contribution in [1.29, 1.82) is 0 Å². The molecule has 202 valence electrons. The lowest BCUT2D eigenvalue weighted by molar-refractivity contribution is -0.139. The van der Waals surface area contributed by atoms with Crippen LogP contribution in [-0.2, 0) is 22.2 Å². The van der Waals surface area contributed by atoms with E-state index in [0.717, 1.165) is 11.6 Å². The normalized spacial score (nSPS) is 18.9. The zero-order chi connectivity index (χ0) is 27.8. The van der Waals surface area contributed by atoms with Crippen molar-refractivity contribution in [3.05, 3.63) is 82.6 Å². The maximum atomic E-state index is 14.0. The number of likely N-dealkylation sites (N-methyl/N-ethyl adjacent to an activating group) is 1. The third-order valence-electron chi connectivity index (χ3n) is 6.59. The van der Waals surface area contributed by atoms with Crippen LogP contribution in [0.1, 0.15) is 50.4 Å². The zero-order valence-electron chi connectivity index (χ0n) is 21.7. The molecule has 7 nitrogen and oxygen atoms in total. The lowest BCUT2D eigenvalue weighted by Crippen LogP contribution is -2.54. The summed E-state index contributed by atoms with van der Waals surface area (Å²) >= 11 is 0. The van der Waals surface area contributed by atoms with Gasteiger partial charge in [0.2, 0.25) is 5.91 Å². The number of halogens is 3. The Hall–Kier alpha value is -3.82. The number of benzene rings is 2. The molecule has 0 saturated carbocycles. The van der Waals surface area contributed by atoms with Crippen molar-refractivity contribution in [2.45, 2.75) is 57.9 Å². The number of nitrogens with one attached hydrogen (secondary N) is 2. The molecule has 2 heterocycles. The average molecular weight is 529 g/mol. The molecule has 0 bridgehead atoms. The Labute approximate surface area is 219 Å². The summed E-state index contributed by atoms with van der Waals surface area (Å²) in [5.41, 5.74) is -0.553. The first-order valence-corrected chi connectivity index (χ1v) is 12.5. The molecule has 0 unspecified atom stereocenters. The molecule has 2 aromatic carbocycles. The van der Waals surface area contributed by atoms with Gasteiger partial charge in [-0.1, -0.05) is 48.5 Å². The number of carbonyl (C=O) groups excluding carboxylic acids is 3. The summed E-state index contributed by atoms with van der Waals surface area (Å²) in [6.07, 6.45) is -4.49. The van der Waals surface area contributed by atoms with Crippen LogP contribution in [0.5, 0.6) is 0 Å². The number of carbonyl (C=O) groups is 3. The molecule has 2 N–H and O–H groups in total. The van der Waals surface area contributed by atoms with Crippen molar-refractivity contribution in [2.24, 2.45) is 0 Å². The number of hydrogen-bond donors (Lipinski definition) is 2. The maximum Gasteiger partial charge on any atom is 0.416 e. The lowest BCUT2D eigenvalue weighted by Gasteiger charge is -2.33. The number of nitrogens with zero attached hydrogens (tertiary/aromatic N) is 2. The van der Waals surface area contributed by atoms with Gasteiger partial charge in [0.15, 0.2) is 0 Å². The molecule has 0 spiro atoms. The van der Waals surface area contributed by atoms with Gasteiger partial charge in [0.1, 0.15) is 6.04 Å². The average Bonchev–Trinajstić information content (AvgIpc) is 3.17. The number of amides is 4. The van der Waals surface area contributed by atoms with Crippen LogP contribution in [0.2, 0.25) is 0 Å². The third kappa shape index (κ3) is 5.39. The summed E-state index contributed by atoms with van der Waals surface area (Å²) in [5, 5.41) is 5.53. The van der Waals surface area contributed by atoms with Crippen LogP contribution in [0.15, 0.2) is 65.9 Å². The van der Waals surface area contributed by atoms with Crippen LogP contribution in [0.3, 0.4) is 0 Å². The molecule has 10 heteroatoms. The summed E-state index contributed by atoms with van der Waals surface area (Å²) in [5.74, 6) is -0.963. The van der Waals surface area contributed by atoms with Gasteiger partial charge in [-0.3, -0.25) is 14.5 Å². The predicted molar refractivity (Wildman–Crippen MR) is 136 cm³/mol. The highest BCUT2D eigenvalue weighted by molar-refractivity contribution is 6.03. The van der Waals surface area contributed by atoms with E-state index in [2.05, 4.69) is 10.6 Å². The highest BCUT2D eigenvalue weighted by atomic mass is 19.4. The van der Waals surface area contributed by atoms with E-state index in [4.69, 9.17) is 0 Å². The Bertz CT molecular complexity index is 1270. The summed E-state index contributed by atoms with van der Waals surface area (Å²) in [7, 11) is 0. The summed E-state index contributed by atoms with van der Waals surface area (Å²) in [6.45, 7) is 7.32. The van der Waals surface area contributed by atoms with Crippen LogP contribution in [0, 0.1) is 0 Å². The number of alkyl halides is 3. The van der Waals surface area contributed by atoms with Crippen LogP contribution in [0.4, 0.5) is 18.0 Å². The van der Waals surface area contributed by atoms with Crippen molar-refractivity contribution in [1.82, 2.24) is 20.4 Å². The van der Waals surface area contributed by atoms with Crippen LogP contribution >= 0.6 is 0 Å². The maximum absolute atomic E-state index is 14.0. The molecule has 0 aliphatic carbocycles. The molecule has 2 aliphatic rings. The molecule has 0 radical (unpaired) electrons. The molecular weight excluding hydrogens is 497 g/mol. The predicted octanol–water partition coefficient (Wildman–Crippen LogP) is 4.41. The minimum atomic E-state index is -4.69. The van der Waals surface area contributed by atoms with E-state index in [0.29, 0.717) is 5.70 Å². The number of urea groups is 1. The van der Waals surface area contributed by atoms with Gasteiger partial charge in [0.25, 0.3) is 5.91 Å². The van der Waals surface area contributed by atoms with Crippen molar-refractivity contribution in [3.63, 3.8) is 0 Å². The highest BCUT2D eigenvalue weighted by Gasteiger charge is 2.48. The first-order valence-electron chi connectivity index (χ1n) is 12.5. The van der Waals surface area contributed by atoms with Gasteiger partial charge in [-0.05, 0) is 44.9 Å². The monoisotopic (exact) mass is 528 g/mol. The van der Waals surface area contributed by atoms with Crippen molar-refractivity contribution in [3.8, 4) is 0 Å². The quantitative estimate of drug-likeness (QED) is 0.583. The SMILES string of the molecule is CCN1C(=O)N[C@@H](c2ccccc2C(F)(F)F)C2=C1CN([C@@H](Cc1ccccc1)C(=O)NC(C)(C)C)C2=O. The van der Waals surface area contributed by atoms with E-state index in [9.17, 15) is 27.6 Å². The molecule has 0 aromatic heterocycles.